The molecular weight excluding hydrogens is 280 g/mol. The smallest absolute Gasteiger partial charge is 0.322 e. The van der Waals surface area contributed by atoms with E-state index in [4.69, 9.17) is 4.74 Å². The van der Waals surface area contributed by atoms with Gasteiger partial charge in [-0.05, 0) is 51.4 Å². The number of pyridine rings is 1. The van der Waals surface area contributed by atoms with Crippen molar-refractivity contribution in [2.75, 3.05) is 38.1 Å². The Labute approximate surface area is 131 Å². The second-order valence-corrected chi connectivity index (χ2v) is 5.85. The lowest BCUT2D eigenvalue weighted by Gasteiger charge is -2.23. The summed E-state index contributed by atoms with van der Waals surface area (Å²) in [6, 6.07) is 4.09. The average Bonchev–Trinajstić information content (AvgIpc) is 3.20. The quantitative estimate of drug-likeness (QED) is 0.926. The lowest BCUT2D eigenvalue weighted by Crippen LogP contribution is -2.38. The molecule has 3 heterocycles. The molecular formula is C16H24N4O2. The Morgan fingerprint density at radius 1 is 1.41 bits per heavy atom. The average molecular weight is 304 g/mol. The summed E-state index contributed by atoms with van der Waals surface area (Å²) in [6.45, 7) is 6.42. The van der Waals surface area contributed by atoms with Crippen LogP contribution in [0.3, 0.4) is 0 Å². The number of hydrogen-bond acceptors (Lipinski definition) is 4. The van der Waals surface area contributed by atoms with Gasteiger partial charge in [-0.15, -0.1) is 0 Å². The zero-order chi connectivity index (χ0) is 15.4. The molecule has 1 aromatic heterocycles. The minimum absolute atomic E-state index is 0.0596. The Balaban J connectivity index is 1.58. The van der Waals surface area contributed by atoms with Crippen LogP contribution in [0.2, 0.25) is 0 Å². The summed E-state index contributed by atoms with van der Waals surface area (Å²) < 4.78 is 5.45. The van der Waals surface area contributed by atoms with E-state index in [2.05, 4.69) is 15.2 Å². The number of carbonyl (C=O) groups is 1. The first kappa shape index (κ1) is 15.1. The first-order chi connectivity index (χ1) is 10.8. The number of anilines is 1. The van der Waals surface area contributed by atoms with Crippen molar-refractivity contribution in [3.8, 4) is 5.88 Å². The maximum atomic E-state index is 12.4. The van der Waals surface area contributed by atoms with Crippen LogP contribution in [-0.2, 0) is 0 Å². The number of urea groups is 1. The highest BCUT2D eigenvalue weighted by molar-refractivity contribution is 5.90. The minimum Gasteiger partial charge on any atom is -0.476 e. The van der Waals surface area contributed by atoms with E-state index in [0.29, 0.717) is 24.2 Å². The van der Waals surface area contributed by atoms with E-state index in [1.807, 2.05) is 17.9 Å². The molecule has 1 atom stereocenters. The van der Waals surface area contributed by atoms with Gasteiger partial charge in [0.25, 0.3) is 0 Å². The number of rotatable bonds is 4. The molecule has 2 saturated heterocycles. The van der Waals surface area contributed by atoms with E-state index in [0.717, 1.165) is 19.5 Å². The molecule has 2 aliphatic heterocycles. The predicted octanol–water partition coefficient (Wildman–Crippen LogP) is 2.18. The van der Waals surface area contributed by atoms with Crippen molar-refractivity contribution in [1.29, 1.82) is 0 Å². The second-order valence-electron chi connectivity index (χ2n) is 5.85. The number of carbonyl (C=O) groups excluding carboxylic acids is 1. The first-order valence-corrected chi connectivity index (χ1v) is 8.15. The number of ether oxygens (including phenoxy) is 1. The molecule has 0 aromatic carbocycles. The Morgan fingerprint density at radius 2 is 2.23 bits per heavy atom. The summed E-state index contributed by atoms with van der Waals surface area (Å²) in [5.74, 6) is 0.480. The van der Waals surface area contributed by atoms with Gasteiger partial charge in [-0.1, -0.05) is 0 Å². The Hall–Kier alpha value is -1.82. The highest BCUT2D eigenvalue weighted by atomic mass is 16.5. The maximum absolute atomic E-state index is 12.4. The van der Waals surface area contributed by atoms with Gasteiger partial charge in [0.2, 0.25) is 5.88 Å². The zero-order valence-electron chi connectivity index (χ0n) is 13.1. The van der Waals surface area contributed by atoms with Crippen LogP contribution < -0.4 is 10.1 Å². The molecule has 0 aliphatic carbocycles. The van der Waals surface area contributed by atoms with E-state index in [-0.39, 0.29) is 6.03 Å². The monoisotopic (exact) mass is 304 g/mol. The summed E-state index contributed by atoms with van der Waals surface area (Å²) in [5, 5.41) is 2.93. The molecule has 1 aromatic rings. The highest BCUT2D eigenvalue weighted by Gasteiger charge is 2.31. The number of hydrogen-bond donors (Lipinski definition) is 1. The van der Waals surface area contributed by atoms with E-state index in [1.54, 1.807) is 12.3 Å². The van der Waals surface area contributed by atoms with Crippen LogP contribution in [0, 0.1) is 0 Å². The minimum atomic E-state index is -0.0596. The molecule has 1 unspecified atom stereocenters. The molecule has 2 amide bonds. The largest absolute Gasteiger partial charge is 0.476 e. The Bertz CT molecular complexity index is 517. The van der Waals surface area contributed by atoms with Crippen LogP contribution in [0.4, 0.5) is 10.5 Å². The van der Waals surface area contributed by atoms with Gasteiger partial charge in [-0.25, -0.2) is 9.78 Å². The third kappa shape index (κ3) is 3.32. The molecule has 2 fully saturated rings. The van der Waals surface area contributed by atoms with Gasteiger partial charge in [-0.2, -0.15) is 0 Å². The maximum Gasteiger partial charge on any atom is 0.322 e. The lowest BCUT2D eigenvalue weighted by atomic mass is 10.2. The van der Waals surface area contributed by atoms with Crippen molar-refractivity contribution in [3.63, 3.8) is 0 Å². The van der Waals surface area contributed by atoms with Crippen LogP contribution in [-0.4, -0.2) is 59.6 Å². The third-order valence-electron chi connectivity index (χ3n) is 4.40. The molecule has 0 radical (unpaired) electrons. The van der Waals surface area contributed by atoms with Gasteiger partial charge < -0.3 is 15.0 Å². The van der Waals surface area contributed by atoms with Crippen LogP contribution in [0.25, 0.3) is 0 Å². The first-order valence-electron chi connectivity index (χ1n) is 8.15. The summed E-state index contributed by atoms with van der Waals surface area (Å²) in [6.07, 6.45) is 5.31. The normalized spacial score (nSPS) is 22.0. The topological polar surface area (TPSA) is 57.7 Å². The zero-order valence-corrected chi connectivity index (χ0v) is 13.1. The molecule has 3 rings (SSSR count). The van der Waals surface area contributed by atoms with Crippen molar-refractivity contribution in [2.45, 2.75) is 32.2 Å². The van der Waals surface area contributed by atoms with Crippen molar-refractivity contribution in [1.82, 2.24) is 14.8 Å². The SMILES string of the molecule is CCOc1ncccc1NC(=O)N1CCC(N2CCCC2)C1. The third-order valence-corrected chi connectivity index (χ3v) is 4.40. The van der Waals surface area contributed by atoms with E-state index < -0.39 is 0 Å². The predicted molar refractivity (Wildman–Crippen MR) is 85.2 cm³/mol. The Kier molecular flexibility index (Phi) is 4.77. The van der Waals surface area contributed by atoms with Gasteiger partial charge in [0.1, 0.15) is 5.69 Å². The van der Waals surface area contributed by atoms with Crippen LogP contribution in [0.5, 0.6) is 5.88 Å². The second kappa shape index (κ2) is 6.96. The van der Waals surface area contributed by atoms with Gasteiger partial charge >= 0.3 is 6.03 Å². The fraction of sp³-hybridized carbons (Fsp3) is 0.625. The molecule has 6 nitrogen and oxygen atoms in total. The van der Waals surface area contributed by atoms with Crippen molar-refractivity contribution >= 4 is 11.7 Å². The van der Waals surface area contributed by atoms with Crippen molar-refractivity contribution in [2.24, 2.45) is 0 Å². The lowest BCUT2D eigenvalue weighted by molar-refractivity contribution is 0.210. The van der Waals surface area contributed by atoms with Crippen LogP contribution >= 0.6 is 0 Å². The number of aromatic nitrogens is 1. The van der Waals surface area contributed by atoms with Crippen LogP contribution in [0.1, 0.15) is 26.2 Å². The molecule has 0 bridgehead atoms. The van der Waals surface area contributed by atoms with E-state index in [1.165, 1.54) is 25.9 Å². The van der Waals surface area contributed by atoms with Crippen molar-refractivity contribution < 1.29 is 9.53 Å². The van der Waals surface area contributed by atoms with Gasteiger partial charge in [0.15, 0.2) is 0 Å². The number of likely N-dealkylation sites (tertiary alicyclic amines) is 2. The molecule has 120 valence electrons. The van der Waals surface area contributed by atoms with E-state index in [9.17, 15) is 4.79 Å². The summed E-state index contributed by atoms with van der Waals surface area (Å²) in [5.41, 5.74) is 0.638. The summed E-state index contributed by atoms with van der Waals surface area (Å²) in [7, 11) is 0. The fourth-order valence-corrected chi connectivity index (χ4v) is 3.26. The molecule has 0 saturated carbocycles. The molecule has 2 aliphatic rings. The molecule has 22 heavy (non-hydrogen) atoms. The van der Waals surface area contributed by atoms with Crippen LogP contribution in [0.15, 0.2) is 18.3 Å². The van der Waals surface area contributed by atoms with Gasteiger partial charge in [0.05, 0.1) is 6.61 Å². The number of nitrogens with zero attached hydrogens (tertiary/aromatic N) is 3. The van der Waals surface area contributed by atoms with Crippen molar-refractivity contribution in [3.05, 3.63) is 18.3 Å². The van der Waals surface area contributed by atoms with E-state index >= 15 is 0 Å². The van der Waals surface area contributed by atoms with Gasteiger partial charge in [-0.3, -0.25) is 4.90 Å². The summed E-state index contributed by atoms with van der Waals surface area (Å²) >= 11 is 0. The standard InChI is InChI=1S/C16H24N4O2/c1-2-22-15-14(6-5-8-17-15)18-16(21)20-11-7-13(12-20)19-9-3-4-10-19/h5-6,8,13H,2-4,7,9-12H2,1H3,(H,18,21). The Morgan fingerprint density at radius 3 is 3.00 bits per heavy atom. The number of amides is 2. The molecule has 6 heteroatoms. The molecule has 1 N–H and O–H groups in total. The highest BCUT2D eigenvalue weighted by Crippen LogP contribution is 2.24. The van der Waals surface area contributed by atoms with Gasteiger partial charge in [0, 0.05) is 25.3 Å². The molecule has 0 spiro atoms. The fourth-order valence-electron chi connectivity index (χ4n) is 3.26. The summed E-state index contributed by atoms with van der Waals surface area (Å²) in [4.78, 5) is 21.0. The number of nitrogens with one attached hydrogen (secondary N) is 1.